The van der Waals surface area contributed by atoms with Crippen molar-refractivity contribution in [2.75, 3.05) is 0 Å². The standard InChI is InChI=1S/C16H8O6/c1-7-6-9(17)11-14(20-7)12-13(22-15(11)18)8-4-2-3-5-10(8)21-16(12)19/h2-6H,1H3. The predicted octanol–water partition coefficient (Wildman–Crippen LogP) is 2.31. The zero-order valence-corrected chi connectivity index (χ0v) is 11.3. The summed E-state index contributed by atoms with van der Waals surface area (Å²) in [5.41, 5.74) is -1.88. The second kappa shape index (κ2) is 4.17. The molecule has 4 aromatic rings. The monoisotopic (exact) mass is 296 g/mol. The Morgan fingerprint density at radius 2 is 1.55 bits per heavy atom. The molecule has 0 spiro atoms. The van der Waals surface area contributed by atoms with Gasteiger partial charge in [0.05, 0.1) is 5.39 Å². The van der Waals surface area contributed by atoms with Gasteiger partial charge in [-0.1, -0.05) is 12.1 Å². The molecule has 4 rings (SSSR count). The highest BCUT2D eigenvalue weighted by atomic mass is 16.4. The minimum Gasteiger partial charge on any atom is -0.460 e. The van der Waals surface area contributed by atoms with Gasteiger partial charge in [-0.25, -0.2) is 9.59 Å². The van der Waals surface area contributed by atoms with Crippen LogP contribution in [-0.4, -0.2) is 0 Å². The maximum Gasteiger partial charge on any atom is 0.351 e. The van der Waals surface area contributed by atoms with Crippen molar-refractivity contribution in [1.82, 2.24) is 0 Å². The molecule has 0 saturated carbocycles. The summed E-state index contributed by atoms with van der Waals surface area (Å²) < 4.78 is 15.9. The Hall–Kier alpha value is -3.15. The highest BCUT2D eigenvalue weighted by Gasteiger charge is 2.19. The Kier molecular flexibility index (Phi) is 2.39. The van der Waals surface area contributed by atoms with E-state index in [0.717, 1.165) is 0 Å². The van der Waals surface area contributed by atoms with Gasteiger partial charge in [0.15, 0.2) is 22.0 Å². The molecule has 3 heterocycles. The summed E-state index contributed by atoms with van der Waals surface area (Å²) in [4.78, 5) is 36.4. The summed E-state index contributed by atoms with van der Waals surface area (Å²) in [7, 11) is 0. The average molecular weight is 296 g/mol. The van der Waals surface area contributed by atoms with Crippen LogP contribution in [-0.2, 0) is 0 Å². The molecular weight excluding hydrogens is 288 g/mol. The Bertz CT molecular complexity index is 1240. The molecule has 0 saturated heterocycles. The van der Waals surface area contributed by atoms with Gasteiger partial charge in [0.25, 0.3) is 0 Å². The van der Waals surface area contributed by atoms with E-state index < -0.39 is 16.7 Å². The molecule has 0 aliphatic heterocycles. The fraction of sp³-hybridized carbons (Fsp3) is 0.0625. The number of rotatable bonds is 0. The maximum atomic E-state index is 12.2. The van der Waals surface area contributed by atoms with E-state index in [0.29, 0.717) is 5.39 Å². The van der Waals surface area contributed by atoms with E-state index in [-0.39, 0.29) is 33.3 Å². The first-order valence-corrected chi connectivity index (χ1v) is 6.49. The van der Waals surface area contributed by atoms with Crippen molar-refractivity contribution >= 4 is 32.9 Å². The lowest BCUT2D eigenvalue weighted by atomic mass is 10.1. The molecule has 1 aromatic carbocycles. The van der Waals surface area contributed by atoms with Gasteiger partial charge < -0.3 is 13.3 Å². The number of para-hydroxylation sites is 1. The fourth-order valence-corrected chi connectivity index (χ4v) is 2.55. The van der Waals surface area contributed by atoms with E-state index in [4.69, 9.17) is 13.3 Å². The van der Waals surface area contributed by atoms with Crippen LogP contribution in [0.2, 0.25) is 0 Å². The molecule has 0 aliphatic rings. The van der Waals surface area contributed by atoms with E-state index in [1.54, 1.807) is 31.2 Å². The highest BCUT2D eigenvalue weighted by Crippen LogP contribution is 2.25. The van der Waals surface area contributed by atoms with Gasteiger partial charge in [0.1, 0.15) is 16.7 Å². The highest BCUT2D eigenvalue weighted by molar-refractivity contribution is 6.09. The van der Waals surface area contributed by atoms with Crippen LogP contribution in [0.1, 0.15) is 5.76 Å². The van der Waals surface area contributed by atoms with Crippen molar-refractivity contribution < 1.29 is 13.3 Å². The van der Waals surface area contributed by atoms with E-state index >= 15 is 0 Å². The Morgan fingerprint density at radius 3 is 2.36 bits per heavy atom. The van der Waals surface area contributed by atoms with E-state index in [1.165, 1.54) is 6.07 Å². The molecule has 0 atom stereocenters. The lowest BCUT2D eigenvalue weighted by Crippen LogP contribution is -2.15. The third kappa shape index (κ3) is 1.57. The van der Waals surface area contributed by atoms with Gasteiger partial charge in [-0.2, -0.15) is 0 Å². The van der Waals surface area contributed by atoms with E-state index in [2.05, 4.69) is 0 Å². The minimum atomic E-state index is -0.841. The molecule has 0 radical (unpaired) electrons. The largest absolute Gasteiger partial charge is 0.460 e. The molecule has 22 heavy (non-hydrogen) atoms. The van der Waals surface area contributed by atoms with Crippen LogP contribution in [0.3, 0.4) is 0 Å². The predicted molar refractivity (Wildman–Crippen MR) is 79.3 cm³/mol. The van der Waals surface area contributed by atoms with Crippen LogP contribution >= 0.6 is 0 Å². The van der Waals surface area contributed by atoms with Gasteiger partial charge in [0.2, 0.25) is 0 Å². The number of aryl methyl sites for hydroxylation is 1. The molecular formula is C16H8O6. The Balaban J connectivity index is 2.47. The molecule has 0 bridgehead atoms. The van der Waals surface area contributed by atoms with Gasteiger partial charge in [-0.15, -0.1) is 0 Å². The number of fused-ring (bicyclic) bond motifs is 5. The number of hydrogen-bond acceptors (Lipinski definition) is 6. The lowest BCUT2D eigenvalue weighted by molar-refractivity contribution is 0.530. The van der Waals surface area contributed by atoms with Crippen LogP contribution in [0, 0.1) is 6.92 Å². The van der Waals surface area contributed by atoms with Gasteiger partial charge in [0, 0.05) is 6.07 Å². The lowest BCUT2D eigenvalue weighted by Gasteiger charge is -2.03. The topological polar surface area (TPSA) is 90.6 Å². The van der Waals surface area contributed by atoms with Crippen LogP contribution in [0.5, 0.6) is 0 Å². The van der Waals surface area contributed by atoms with Gasteiger partial charge >= 0.3 is 11.3 Å². The minimum absolute atomic E-state index is 0.0471. The molecule has 0 aliphatic carbocycles. The van der Waals surface area contributed by atoms with Crippen molar-refractivity contribution in [3.63, 3.8) is 0 Å². The molecule has 6 heteroatoms. The van der Waals surface area contributed by atoms with Gasteiger partial charge in [-0.3, -0.25) is 4.79 Å². The Morgan fingerprint density at radius 1 is 0.818 bits per heavy atom. The fourth-order valence-electron chi connectivity index (χ4n) is 2.55. The summed E-state index contributed by atoms with van der Waals surface area (Å²) in [6.07, 6.45) is 0. The third-order valence-corrected chi connectivity index (χ3v) is 3.46. The van der Waals surface area contributed by atoms with Crippen molar-refractivity contribution in [1.29, 1.82) is 0 Å². The van der Waals surface area contributed by atoms with Crippen molar-refractivity contribution in [3.8, 4) is 0 Å². The smallest absolute Gasteiger partial charge is 0.351 e. The second-order valence-electron chi connectivity index (χ2n) is 4.90. The first-order chi connectivity index (χ1) is 10.6. The normalized spacial score (nSPS) is 11.5. The Labute approximate surface area is 121 Å². The van der Waals surface area contributed by atoms with Gasteiger partial charge in [-0.05, 0) is 19.1 Å². The van der Waals surface area contributed by atoms with Crippen molar-refractivity contribution in [2.45, 2.75) is 6.92 Å². The molecule has 0 fully saturated rings. The van der Waals surface area contributed by atoms with Crippen LogP contribution in [0.15, 0.2) is 58.0 Å². The van der Waals surface area contributed by atoms with Crippen molar-refractivity contribution in [3.05, 3.63) is 67.2 Å². The quantitative estimate of drug-likeness (QED) is 0.365. The van der Waals surface area contributed by atoms with Crippen LogP contribution < -0.4 is 16.7 Å². The van der Waals surface area contributed by atoms with Crippen LogP contribution in [0.25, 0.3) is 32.9 Å². The molecule has 0 N–H and O–H groups in total. The average Bonchev–Trinajstić information content (AvgIpc) is 2.46. The summed E-state index contributed by atoms with van der Waals surface area (Å²) in [5, 5.41) is 0.120. The summed E-state index contributed by atoms with van der Waals surface area (Å²) in [6, 6.07) is 7.84. The summed E-state index contributed by atoms with van der Waals surface area (Å²) in [6.45, 7) is 1.56. The molecule has 3 aromatic heterocycles. The first-order valence-electron chi connectivity index (χ1n) is 6.49. The summed E-state index contributed by atoms with van der Waals surface area (Å²) >= 11 is 0. The number of benzene rings is 1. The maximum absolute atomic E-state index is 12.2. The zero-order chi connectivity index (χ0) is 15.4. The second-order valence-corrected chi connectivity index (χ2v) is 4.90. The first kappa shape index (κ1) is 12.6. The SMILES string of the molecule is Cc1cc(=O)c2c(=O)oc3c4ccccc4oc(=O)c3c2o1. The third-order valence-electron chi connectivity index (χ3n) is 3.46. The zero-order valence-electron chi connectivity index (χ0n) is 11.3. The van der Waals surface area contributed by atoms with Crippen molar-refractivity contribution in [2.24, 2.45) is 0 Å². The number of hydrogen-bond donors (Lipinski definition) is 0. The molecule has 0 unspecified atom stereocenters. The van der Waals surface area contributed by atoms with E-state index in [9.17, 15) is 14.4 Å². The molecule has 6 nitrogen and oxygen atoms in total. The van der Waals surface area contributed by atoms with Crippen LogP contribution in [0.4, 0.5) is 0 Å². The van der Waals surface area contributed by atoms with E-state index in [1.807, 2.05) is 0 Å². The molecule has 108 valence electrons. The summed E-state index contributed by atoms with van der Waals surface area (Å²) in [5.74, 6) is 0.289. The molecule has 0 amide bonds.